The maximum absolute atomic E-state index is 11.2. The van der Waals surface area contributed by atoms with Crippen LogP contribution >= 0.6 is 0 Å². The van der Waals surface area contributed by atoms with E-state index in [9.17, 15) is 8.42 Å². The van der Waals surface area contributed by atoms with Crippen LogP contribution in [0.15, 0.2) is 42.6 Å². The second kappa shape index (κ2) is 5.37. The fraction of sp³-hybridized carbons (Fsp3) is 0.267. The van der Waals surface area contributed by atoms with Crippen molar-refractivity contribution < 1.29 is 8.42 Å². The topological polar surface area (TPSA) is 62.3 Å². The Morgan fingerprint density at radius 3 is 2.57 bits per heavy atom. The molecule has 110 valence electrons. The van der Waals surface area contributed by atoms with E-state index in [1.54, 1.807) is 12.3 Å². The van der Waals surface area contributed by atoms with Crippen molar-refractivity contribution in [2.24, 2.45) is 0 Å². The third-order valence-corrected chi connectivity index (χ3v) is 4.11. The number of hydrogen-bond donors (Lipinski definition) is 1. The summed E-state index contributed by atoms with van der Waals surface area (Å²) in [6.07, 6.45) is 3.68. The molecule has 1 aromatic carbocycles. The van der Waals surface area contributed by atoms with Crippen molar-refractivity contribution in [3.63, 3.8) is 0 Å². The van der Waals surface area contributed by atoms with Crippen LogP contribution < -0.4 is 9.62 Å². The van der Waals surface area contributed by atoms with Crippen molar-refractivity contribution in [1.29, 1.82) is 0 Å². The zero-order valence-electron chi connectivity index (χ0n) is 11.8. The van der Waals surface area contributed by atoms with Crippen LogP contribution in [-0.2, 0) is 23.0 Å². The lowest BCUT2D eigenvalue weighted by Gasteiger charge is -2.29. The Kier molecular flexibility index (Phi) is 3.55. The minimum atomic E-state index is -3.26. The van der Waals surface area contributed by atoms with Gasteiger partial charge in [0.2, 0.25) is 10.0 Å². The van der Waals surface area contributed by atoms with Crippen molar-refractivity contribution in [3.05, 3.63) is 53.7 Å². The summed E-state index contributed by atoms with van der Waals surface area (Å²) in [7, 11) is -3.26. The molecule has 1 N–H and O–H groups in total. The summed E-state index contributed by atoms with van der Waals surface area (Å²) in [5, 5.41) is 0. The van der Waals surface area contributed by atoms with Crippen molar-refractivity contribution in [3.8, 4) is 0 Å². The number of nitrogens with one attached hydrogen (secondary N) is 1. The molecule has 0 radical (unpaired) electrons. The van der Waals surface area contributed by atoms with E-state index in [0.717, 1.165) is 31.6 Å². The molecule has 0 bridgehead atoms. The quantitative estimate of drug-likeness (QED) is 0.942. The zero-order chi connectivity index (χ0) is 14.9. The standard InChI is InChI=1S/C15H17N3O2S/c1-21(19,20)17-14-6-7-15(16-10-14)18-9-8-12-4-2-3-5-13(12)11-18/h2-7,10,17H,8-9,11H2,1H3. The van der Waals surface area contributed by atoms with Gasteiger partial charge in [0.15, 0.2) is 0 Å². The molecule has 3 rings (SSSR count). The van der Waals surface area contributed by atoms with Gasteiger partial charge in [0.1, 0.15) is 5.82 Å². The lowest BCUT2D eigenvalue weighted by molar-refractivity contribution is 0.607. The van der Waals surface area contributed by atoms with Crippen LogP contribution in [0.3, 0.4) is 0 Å². The second-order valence-corrected chi connectivity index (χ2v) is 6.97. The monoisotopic (exact) mass is 303 g/mol. The molecule has 5 nitrogen and oxygen atoms in total. The molecule has 0 amide bonds. The summed E-state index contributed by atoms with van der Waals surface area (Å²) in [5.41, 5.74) is 3.20. The first-order chi connectivity index (χ1) is 10.0. The maximum Gasteiger partial charge on any atom is 0.229 e. The highest BCUT2D eigenvalue weighted by Crippen LogP contribution is 2.23. The van der Waals surface area contributed by atoms with Gasteiger partial charge in [-0.3, -0.25) is 4.72 Å². The SMILES string of the molecule is CS(=O)(=O)Nc1ccc(N2CCc3ccccc3C2)nc1. The van der Waals surface area contributed by atoms with Crippen molar-refractivity contribution in [2.45, 2.75) is 13.0 Å². The van der Waals surface area contributed by atoms with Crippen molar-refractivity contribution in [2.75, 3.05) is 22.4 Å². The fourth-order valence-electron chi connectivity index (χ4n) is 2.54. The van der Waals surface area contributed by atoms with Gasteiger partial charge >= 0.3 is 0 Å². The number of benzene rings is 1. The number of sulfonamides is 1. The van der Waals surface area contributed by atoms with Crippen molar-refractivity contribution >= 4 is 21.5 Å². The van der Waals surface area contributed by atoms with Gasteiger partial charge in [-0.1, -0.05) is 24.3 Å². The van der Waals surface area contributed by atoms with E-state index in [1.807, 2.05) is 6.07 Å². The predicted octanol–water partition coefficient (Wildman–Crippen LogP) is 2.02. The first-order valence-corrected chi connectivity index (χ1v) is 8.66. The van der Waals surface area contributed by atoms with E-state index in [1.165, 1.54) is 11.1 Å². The van der Waals surface area contributed by atoms with Crippen LogP contribution in [0.5, 0.6) is 0 Å². The number of rotatable bonds is 3. The largest absolute Gasteiger partial charge is 0.352 e. The van der Waals surface area contributed by atoms with Gasteiger partial charge in [0.25, 0.3) is 0 Å². The second-order valence-electron chi connectivity index (χ2n) is 5.22. The van der Waals surface area contributed by atoms with E-state index in [2.05, 4.69) is 38.9 Å². The Morgan fingerprint density at radius 2 is 1.90 bits per heavy atom. The van der Waals surface area contributed by atoms with E-state index in [-0.39, 0.29) is 0 Å². The Balaban J connectivity index is 1.77. The van der Waals surface area contributed by atoms with Crippen LogP contribution in [0.25, 0.3) is 0 Å². The van der Waals surface area contributed by atoms with Crippen LogP contribution in [0.2, 0.25) is 0 Å². The third-order valence-electron chi connectivity index (χ3n) is 3.51. The first-order valence-electron chi connectivity index (χ1n) is 6.77. The molecule has 0 aliphatic carbocycles. The molecule has 0 saturated heterocycles. The number of anilines is 2. The lowest BCUT2D eigenvalue weighted by Crippen LogP contribution is -2.30. The van der Waals surface area contributed by atoms with Gasteiger partial charge in [-0.25, -0.2) is 13.4 Å². The molecule has 0 atom stereocenters. The number of aromatic nitrogens is 1. The van der Waals surface area contributed by atoms with Crippen LogP contribution in [0.1, 0.15) is 11.1 Å². The molecule has 1 aromatic heterocycles. The van der Waals surface area contributed by atoms with E-state index < -0.39 is 10.0 Å². The van der Waals surface area contributed by atoms with Crippen LogP contribution in [0, 0.1) is 0 Å². The summed E-state index contributed by atoms with van der Waals surface area (Å²) in [5.74, 6) is 0.864. The van der Waals surface area contributed by atoms with E-state index in [4.69, 9.17) is 0 Å². The molecular formula is C15H17N3O2S. The van der Waals surface area contributed by atoms with Gasteiger partial charge < -0.3 is 4.90 Å². The number of nitrogens with zero attached hydrogens (tertiary/aromatic N) is 2. The Morgan fingerprint density at radius 1 is 1.14 bits per heavy atom. The van der Waals surface area contributed by atoms with Gasteiger partial charge in [0.05, 0.1) is 18.1 Å². The molecule has 2 heterocycles. The van der Waals surface area contributed by atoms with Gasteiger partial charge in [-0.15, -0.1) is 0 Å². The average Bonchev–Trinajstić information content (AvgIpc) is 2.46. The highest BCUT2D eigenvalue weighted by Gasteiger charge is 2.16. The molecule has 0 saturated carbocycles. The number of hydrogen-bond acceptors (Lipinski definition) is 4. The van der Waals surface area contributed by atoms with E-state index >= 15 is 0 Å². The summed E-state index contributed by atoms with van der Waals surface area (Å²) < 4.78 is 24.8. The minimum absolute atomic E-state index is 0.485. The molecule has 0 unspecified atom stereocenters. The molecule has 1 aliphatic heterocycles. The Labute approximate surface area is 124 Å². The molecule has 0 fully saturated rings. The molecule has 0 spiro atoms. The fourth-order valence-corrected chi connectivity index (χ4v) is 3.09. The summed E-state index contributed by atoms with van der Waals surface area (Å²) >= 11 is 0. The van der Waals surface area contributed by atoms with Gasteiger partial charge in [0, 0.05) is 13.1 Å². The van der Waals surface area contributed by atoms with E-state index in [0.29, 0.717) is 5.69 Å². The highest BCUT2D eigenvalue weighted by atomic mass is 32.2. The minimum Gasteiger partial charge on any atom is -0.352 e. The Bertz CT molecular complexity index is 742. The molecule has 21 heavy (non-hydrogen) atoms. The Hall–Kier alpha value is -2.08. The molecule has 1 aliphatic rings. The molecular weight excluding hydrogens is 286 g/mol. The lowest BCUT2D eigenvalue weighted by atomic mass is 10.00. The third kappa shape index (κ3) is 3.33. The first kappa shape index (κ1) is 13.9. The van der Waals surface area contributed by atoms with Crippen LogP contribution in [0.4, 0.5) is 11.5 Å². The van der Waals surface area contributed by atoms with Gasteiger partial charge in [-0.05, 0) is 29.7 Å². The zero-order valence-corrected chi connectivity index (χ0v) is 12.6. The maximum atomic E-state index is 11.2. The number of fused-ring (bicyclic) bond motifs is 1. The summed E-state index contributed by atoms with van der Waals surface area (Å²) in [4.78, 5) is 6.56. The average molecular weight is 303 g/mol. The summed E-state index contributed by atoms with van der Waals surface area (Å²) in [6.45, 7) is 1.75. The van der Waals surface area contributed by atoms with Gasteiger partial charge in [-0.2, -0.15) is 0 Å². The van der Waals surface area contributed by atoms with Crippen molar-refractivity contribution in [1.82, 2.24) is 4.98 Å². The highest BCUT2D eigenvalue weighted by molar-refractivity contribution is 7.92. The molecule has 2 aromatic rings. The molecule has 6 heteroatoms. The van der Waals surface area contributed by atoms with Crippen LogP contribution in [-0.4, -0.2) is 26.2 Å². The number of pyridine rings is 1. The normalized spacial score (nSPS) is 14.6. The summed E-state index contributed by atoms with van der Waals surface area (Å²) in [6, 6.07) is 12.0. The predicted molar refractivity (Wildman–Crippen MR) is 83.9 cm³/mol. The smallest absolute Gasteiger partial charge is 0.229 e.